The van der Waals surface area contributed by atoms with E-state index in [9.17, 15) is 49.1 Å². The molecule has 192 valence electrons. The van der Waals surface area contributed by atoms with Crippen molar-refractivity contribution >= 4 is 27.5 Å². The zero-order valence-corrected chi connectivity index (χ0v) is 19.0. The van der Waals surface area contributed by atoms with Gasteiger partial charge in [-0.25, -0.2) is 17.6 Å². The number of carboxylic acid groups (broad SMARTS) is 1. The Hall–Kier alpha value is -3.03. The minimum Gasteiger partial charge on any atom is -0.465 e. The Morgan fingerprint density at radius 1 is 1.03 bits per heavy atom. The monoisotopic (exact) mass is 528 g/mol. The number of amides is 1. The highest BCUT2D eigenvalue weighted by Gasteiger charge is 2.54. The molecule has 0 saturated carbocycles. The van der Waals surface area contributed by atoms with Gasteiger partial charge in [-0.3, -0.25) is 9.21 Å². The van der Waals surface area contributed by atoms with Gasteiger partial charge < -0.3 is 5.11 Å². The van der Waals surface area contributed by atoms with Gasteiger partial charge in [-0.15, -0.1) is 0 Å². The SMILES string of the molecule is CC(C)(N(C(=O)O)c1ccc2c(c1)N(S(=O)(=O)c1ccc(F)c(C(F)(F)F)c1)CCC2)C(F)(F)F. The van der Waals surface area contributed by atoms with Crippen LogP contribution in [0.15, 0.2) is 41.3 Å². The Bertz CT molecular complexity index is 1260. The molecule has 3 rings (SSSR count). The maximum atomic E-state index is 13.7. The molecule has 35 heavy (non-hydrogen) atoms. The number of anilines is 2. The third-order valence-electron chi connectivity index (χ3n) is 5.68. The van der Waals surface area contributed by atoms with Crippen molar-refractivity contribution in [2.24, 2.45) is 0 Å². The highest BCUT2D eigenvalue weighted by atomic mass is 32.2. The smallest absolute Gasteiger partial charge is 0.419 e. The fourth-order valence-corrected chi connectivity index (χ4v) is 5.29. The Labute approximate surface area is 195 Å². The molecule has 0 radical (unpaired) electrons. The van der Waals surface area contributed by atoms with Crippen molar-refractivity contribution < 1.29 is 49.1 Å². The third kappa shape index (κ3) is 4.75. The molecular weight excluding hydrogens is 509 g/mol. The molecule has 0 aromatic heterocycles. The predicted octanol–water partition coefficient (Wildman–Crippen LogP) is 5.81. The summed E-state index contributed by atoms with van der Waals surface area (Å²) < 4.78 is 121. The summed E-state index contributed by atoms with van der Waals surface area (Å²) >= 11 is 0. The maximum absolute atomic E-state index is 13.7. The third-order valence-corrected chi connectivity index (χ3v) is 7.49. The van der Waals surface area contributed by atoms with Gasteiger partial charge in [-0.05, 0) is 62.6 Å². The predicted molar refractivity (Wildman–Crippen MR) is 111 cm³/mol. The highest BCUT2D eigenvalue weighted by Crippen LogP contribution is 2.42. The minimum atomic E-state index is -5.17. The van der Waals surface area contributed by atoms with E-state index in [4.69, 9.17) is 0 Å². The number of carbonyl (C=O) groups is 1. The topological polar surface area (TPSA) is 77.9 Å². The van der Waals surface area contributed by atoms with Crippen LogP contribution in [0, 0.1) is 5.82 Å². The lowest BCUT2D eigenvalue weighted by Crippen LogP contribution is -2.57. The van der Waals surface area contributed by atoms with Crippen molar-refractivity contribution in [2.75, 3.05) is 15.7 Å². The largest absolute Gasteiger partial charge is 0.465 e. The summed E-state index contributed by atoms with van der Waals surface area (Å²) in [7, 11) is -4.72. The Morgan fingerprint density at radius 2 is 1.66 bits per heavy atom. The van der Waals surface area contributed by atoms with Gasteiger partial charge in [0.2, 0.25) is 0 Å². The Morgan fingerprint density at radius 3 is 2.20 bits per heavy atom. The first-order valence-corrected chi connectivity index (χ1v) is 11.5. The van der Waals surface area contributed by atoms with Crippen LogP contribution in [-0.2, 0) is 22.6 Å². The van der Waals surface area contributed by atoms with Crippen molar-refractivity contribution in [2.45, 2.75) is 49.5 Å². The fraction of sp³-hybridized carbons (Fsp3) is 0.381. The lowest BCUT2D eigenvalue weighted by Gasteiger charge is -2.39. The summed E-state index contributed by atoms with van der Waals surface area (Å²) in [6, 6.07) is 4.43. The Kier molecular flexibility index (Phi) is 6.51. The van der Waals surface area contributed by atoms with E-state index in [1.807, 2.05) is 0 Å². The van der Waals surface area contributed by atoms with E-state index in [-0.39, 0.29) is 36.0 Å². The summed E-state index contributed by atoms with van der Waals surface area (Å²) in [5.74, 6) is -1.68. The molecule has 0 saturated heterocycles. The van der Waals surface area contributed by atoms with Crippen LogP contribution < -0.4 is 9.21 Å². The van der Waals surface area contributed by atoms with Gasteiger partial charge in [-0.1, -0.05) is 6.07 Å². The van der Waals surface area contributed by atoms with Crippen LogP contribution in [0.3, 0.4) is 0 Å². The molecule has 2 aromatic carbocycles. The van der Waals surface area contributed by atoms with E-state index >= 15 is 0 Å². The molecular formula is C21H19F7N2O4S. The molecule has 1 aliphatic heterocycles. The average molecular weight is 528 g/mol. The van der Waals surface area contributed by atoms with Gasteiger partial charge in [0.15, 0.2) is 0 Å². The summed E-state index contributed by atoms with van der Waals surface area (Å²) in [5, 5.41) is 9.52. The number of nitrogens with zero attached hydrogens (tertiary/aromatic N) is 2. The molecule has 1 amide bonds. The molecule has 1 heterocycles. The number of benzene rings is 2. The number of hydrogen-bond acceptors (Lipinski definition) is 3. The highest BCUT2D eigenvalue weighted by molar-refractivity contribution is 7.92. The second-order valence-electron chi connectivity index (χ2n) is 8.31. The van der Waals surface area contributed by atoms with Crippen LogP contribution in [0.4, 0.5) is 46.9 Å². The summed E-state index contributed by atoms with van der Waals surface area (Å²) in [6.45, 7) is 1.02. The number of sulfonamides is 1. The van der Waals surface area contributed by atoms with Crippen LogP contribution in [0.25, 0.3) is 0 Å². The lowest BCUT2D eigenvalue weighted by molar-refractivity contribution is -0.175. The van der Waals surface area contributed by atoms with Crippen molar-refractivity contribution in [1.82, 2.24) is 0 Å². The first-order valence-electron chi connectivity index (χ1n) is 10.0. The molecule has 0 bridgehead atoms. The van der Waals surface area contributed by atoms with E-state index in [0.717, 1.165) is 12.1 Å². The van der Waals surface area contributed by atoms with Crippen molar-refractivity contribution in [3.8, 4) is 0 Å². The molecule has 14 heteroatoms. The van der Waals surface area contributed by atoms with Crippen LogP contribution in [0.5, 0.6) is 0 Å². The number of halogens is 7. The van der Waals surface area contributed by atoms with Crippen LogP contribution in [0.1, 0.15) is 31.4 Å². The van der Waals surface area contributed by atoms with Gasteiger partial charge in [0.1, 0.15) is 11.4 Å². The van der Waals surface area contributed by atoms with Crippen LogP contribution in [0.2, 0.25) is 0 Å². The summed E-state index contributed by atoms with van der Waals surface area (Å²) in [4.78, 5) is 10.9. The van der Waals surface area contributed by atoms with E-state index in [2.05, 4.69) is 0 Å². The summed E-state index contributed by atoms with van der Waals surface area (Å²) in [6.07, 6.45) is -11.6. The number of fused-ring (bicyclic) bond motifs is 1. The number of hydrogen-bond donors (Lipinski definition) is 1. The van der Waals surface area contributed by atoms with Gasteiger partial charge in [-0.2, -0.15) is 26.3 Å². The Balaban J connectivity index is 2.16. The first kappa shape index (κ1) is 26.6. The fourth-order valence-electron chi connectivity index (χ4n) is 3.73. The second kappa shape index (κ2) is 8.57. The minimum absolute atomic E-state index is 0.0341. The van der Waals surface area contributed by atoms with Gasteiger partial charge in [0.05, 0.1) is 21.8 Å². The molecule has 2 aromatic rings. The molecule has 0 aliphatic carbocycles. The molecule has 6 nitrogen and oxygen atoms in total. The van der Waals surface area contributed by atoms with Gasteiger partial charge in [0.25, 0.3) is 10.0 Å². The van der Waals surface area contributed by atoms with Crippen molar-refractivity contribution in [3.05, 3.63) is 53.3 Å². The average Bonchev–Trinajstić information content (AvgIpc) is 2.71. The molecule has 0 fully saturated rings. The van der Waals surface area contributed by atoms with Crippen molar-refractivity contribution in [1.29, 1.82) is 0 Å². The zero-order chi connectivity index (χ0) is 26.6. The number of rotatable bonds is 4. The molecule has 1 N–H and O–H groups in total. The lowest BCUT2D eigenvalue weighted by atomic mass is 9.99. The second-order valence-corrected chi connectivity index (χ2v) is 10.2. The maximum Gasteiger partial charge on any atom is 0.419 e. The van der Waals surface area contributed by atoms with E-state index in [1.165, 1.54) is 6.07 Å². The molecule has 0 unspecified atom stereocenters. The van der Waals surface area contributed by atoms with Gasteiger partial charge >= 0.3 is 18.4 Å². The van der Waals surface area contributed by atoms with Gasteiger partial charge in [0, 0.05) is 6.54 Å². The first-order chi connectivity index (χ1) is 15.9. The molecule has 1 aliphatic rings. The van der Waals surface area contributed by atoms with Crippen LogP contribution in [-0.4, -0.2) is 37.9 Å². The van der Waals surface area contributed by atoms with Crippen molar-refractivity contribution in [3.63, 3.8) is 0 Å². The van der Waals surface area contributed by atoms with Crippen LogP contribution >= 0.6 is 0 Å². The zero-order valence-electron chi connectivity index (χ0n) is 18.2. The van der Waals surface area contributed by atoms with E-state index < -0.39 is 56.0 Å². The number of aryl methyl sites for hydroxylation is 1. The quantitative estimate of drug-likeness (QED) is 0.508. The molecule has 0 atom stereocenters. The number of alkyl halides is 6. The summed E-state index contributed by atoms with van der Waals surface area (Å²) in [5.41, 5.74) is -5.04. The normalized spacial score (nSPS) is 15.1. The standard InChI is InChI=1S/C21H19F7N2O4S/c1-19(2,21(26,27)28)30(18(31)32)13-6-5-12-4-3-9-29(17(12)10-13)35(33,34)14-7-8-16(22)15(11-14)20(23,24)25/h5-8,10-11H,3-4,9H2,1-2H3,(H,31,32). The van der Waals surface area contributed by atoms with E-state index in [1.54, 1.807) is 0 Å². The van der Waals surface area contributed by atoms with E-state index in [0.29, 0.717) is 35.8 Å². The molecule has 0 spiro atoms.